The first kappa shape index (κ1) is 12.3. The van der Waals surface area contributed by atoms with Crippen molar-refractivity contribution in [2.24, 2.45) is 5.73 Å². The zero-order chi connectivity index (χ0) is 13.4. The van der Waals surface area contributed by atoms with E-state index in [0.717, 1.165) is 27.9 Å². The molecule has 3 rings (SSSR count). The second kappa shape index (κ2) is 4.72. The zero-order valence-corrected chi connectivity index (χ0v) is 11.3. The fourth-order valence-electron chi connectivity index (χ4n) is 2.13. The molecule has 3 heteroatoms. The van der Waals surface area contributed by atoms with Crippen molar-refractivity contribution < 1.29 is 4.42 Å². The number of furan rings is 1. The molecule has 0 spiro atoms. The molecule has 2 aromatic carbocycles. The molecule has 3 aromatic rings. The standard InChI is InChI=1S/C16H14ClNO/c1-10(18)11-3-2-4-12(7-11)16-9-13-8-14(17)5-6-15(13)19-16/h2-10H,18H2,1H3. The Kier molecular flexibility index (Phi) is 3.05. The SMILES string of the molecule is CC(N)c1cccc(-c2cc3cc(Cl)ccc3o2)c1. The van der Waals surface area contributed by atoms with Crippen LogP contribution in [0.1, 0.15) is 18.5 Å². The maximum atomic E-state index is 5.98. The Morgan fingerprint density at radius 1 is 1.11 bits per heavy atom. The normalized spacial score (nSPS) is 12.8. The highest BCUT2D eigenvalue weighted by molar-refractivity contribution is 6.31. The van der Waals surface area contributed by atoms with Gasteiger partial charge in [-0.1, -0.05) is 29.8 Å². The van der Waals surface area contributed by atoms with Gasteiger partial charge in [0.2, 0.25) is 0 Å². The van der Waals surface area contributed by atoms with Gasteiger partial charge in [-0.25, -0.2) is 0 Å². The predicted octanol–water partition coefficient (Wildman–Crippen LogP) is 4.77. The molecule has 0 amide bonds. The Bertz CT molecular complexity index is 730. The fraction of sp³-hybridized carbons (Fsp3) is 0.125. The number of nitrogens with two attached hydrogens (primary N) is 1. The molecule has 1 heterocycles. The maximum Gasteiger partial charge on any atom is 0.135 e. The lowest BCUT2D eigenvalue weighted by molar-refractivity contribution is 0.631. The third-order valence-corrected chi connectivity index (χ3v) is 3.41. The van der Waals surface area contributed by atoms with Crippen LogP contribution >= 0.6 is 11.6 Å². The Hall–Kier alpha value is -1.77. The molecule has 1 unspecified atom stereocenters. The van der Waals surface area contributed by atoms with Crippen LogP contribution in [0.15, 0.2) is 52.9 Å². The van der Waals surface area contributed by atoms with Crippen molar-refractivity contribution in [1.82, 2.24) is 0 Å². The Morgan fingerprint density at radius 2 is 1.95 bits per heavy atom. The molecule has 0 fully saturated rings. The number of hydrogen-bond acceptors (Lipinski definition) is 2. The van der Waals surface area contributed by atoms with Gasteiger partial charge in [0, 0.05) is 22.0 Å². The van der Waals surface area contributed by atoms with Crippen LogP contribution < -0.4 is 5.73 Å². The minimum atomic E-state index is 0.0128. The van der Waals surface area contributed by atoms with E-state index in [4.69, 9.17) is 21.8 Å². The molecule has 19 heavy (non-hydrogen) atoms. The second-order valence-corrected chi connectivity index (χ2v) is 5.14. The van der Waals surface area contributed by atoms with E-state index in [1.54, 1.807) is 0 Å². The minimum absolute atomic E-state index is 0.0128. The number of halogens is 1. The lowest BCUT2D eigenvalue weighted by Crippen LogP contribution is -2.04. The summed E-state index contributed by atoms with van der Waals surface area (Å²) in [6.45, 7) is 1.97. The van der Waals surface area contributed by atoms with Crippen LogP contribution in [0.5, 0.6) is 0 Å². The number of benzene rings is 2. The van der Waals surface area contributed by atoms with Crippen molar-refractivity contribution in [3.63, 3.8) is 0 Å². The summed E-state index contributed by atoms with van der Waals surface area (Å²) in [6, 6.07) is 15.7. The Labute approximate surface area is 116 Å². The van der Waals surface area contributed by atoms with E-state index in [1.165, 1.54) is 0 Å². The summed E-state index contributed by atoms with van der Waals surface area (Å²) in [6.07, 6.45) is 0. The molecule has 1 aromatic heterocycles. The number of hydrogen-bond donors (Lipinski definition) is 1. The molecule has 1 atom stereocenters. The largest absolute Gasteiger partial charge is 0.456 e. The summed E-state index contributed by atoms with van der Waals surface area (Å²) < 4.78 is 5.84. The number of fused-ring (bicyclic) bond motifs is 1. The molecule has 0 saturated carbocycles. The van der Waals surface area contributed by atoms with Crippen molar-refractivity contribution >= 4 is 22.6 Å². The highest BCUT2D eigenvalue weighted by Crippen LogP contribution is 2.30. The van der Waals surface area contributed by atoms with E-state index in [0.29, 0.717) is 5.02 Å². The van der Waals surface area contributed by atoms with E-state index in [2.05, 4.69) is 6.07 Å². The van der Waals surface area contributed by atoms with Crippen LogP contribution in [0.25, 0.3) is 22.3 Å². The van der Waals surface area contributed by atoms with Crippen molar-refractivity contribution in [3.05, 3.63) is 59.1 Å². The smallest absolute Gasteiger partial charge is 0.135 e. The van der Waals surface area contributed by atoms with E-state index in [1.807, 2.05) is 49.4 Å². The van der Waals surface area contributed by atoms with Crippen LogP contribution in [-0.4, -0.2) is 0 Å². The minimum Gasteiger partial charge on any atom is -0.456 e. The van der Waals surface area contributed by atoms with Crippen molar-refractivity contribution in [2.45, 2.75) is 13.0 Å². The van der Waals surface area contributed by atoms with Gasteiger partial charge in [-0.15, -0.1) is 0 Å². The van der Waals surface area contributed by atoms with E-state index in [-0.39, 0.29) is 6.04 Å². The average Bonchev–Trinajstić information content (AvgIpc) is 2.81. The Balaban J connectivity index is 2.11. The first-order valence-corrected chi connectivity index (χ1v) is 6.56. The molecule has 96 valence electrons. The first-order chi connectivity index (χ1) is 9.13. The molecule has 0 radical (unpaired) electrons. The van der Waals surface area contributed by atoms with Crippen LogP contribution in [0, 0.1) is 0 Å². The topological polar surface area (TPSA) is 39.2 Å². The van der Waals surface area contributed by atoms with Crippen molar-refractivity contribution in [1.29, 1.82) is 0 Å². The molecule has 2 nitrogen and oxygen atoms in total. The molecular weight excluding hydrogens is 258 g/mol. The first-order valence-electron chi connectivity index (χ1n) is 6.18. The molecule has 2 N–H and O–H groups in total. The molecule has 0 aliphatic carbocycles. The summed E-state index contributed by atoms with van der Waals surface area (Å²) in [5, 5.41) is 1.72. The van der Waals surface area contributed by atoms with Crippen LogP contribution in [-0.2, 0) is 0 Å². The van der Waals surface area contributed by atoms with Gasteiger partial charge in [0.15, 0.2) is 0 Å². The molecule has 0 aliphatic rings. The van der Waals surface area contributed by atoms with Crippen molar-refractivity contribution in [3.8, 4) is 11.3 Å². The summed E-state index contributed by atoms with van der Waals surface area (Å²) in [7, 11) is 0. The summed E-state index contributed by atoms with van der Waals surface area (Å²) in [5.41, 5.74) is 8.87. The van der Waals surface area contributed by atoms with Crippen LogP contribution in [0.4, 0.5) is 0 Å². The van der Waals surface area contributed by atoms with Gasteiger partial charge in [-0.2, -0.15) is 0 Å². The lowest BCUT2D eigenvalue weighted by Gasteiger charge is -2.06. The van der Waals surface area contributed by atoms with Crippen LogP contribution in [0.3, 0.4) is 0 Å². The highest BCUT2D eigenvalue weighted by Gasteiger charge is 2.08. The van der Waals surface area contributed by atoms with E-state index in [9.17, 15) is 0 Å². The predicted molar refractivity (Wildman–Crippen MR) is 79.3 cm³/mol. The average molecular weight is 272 g/mol. The van der Waals surface area contributed by atoms with Gasteiger partial charge in [0.25, 0.3) is 0 Å². The summed E-state index contributed by atoms with van der Waals surface area (Å²) in [4.78, 5) is 0. The number of rotatable bonds is 2. The van der Waals surface area contributed by atoms with Gasteiger partial charge in [-0.05, 0) is 42.8 Å². The van der Waals surface area contributed by atoms with Gasteiger partial charge in [0.05, 0.1) is 0 Å². The molecule has 0 bridgehead atoms. The second-order valence-electron chi connectivity index (χ2n) is 4.71. The molecular formula is C16H14ClNO. The zero-order valence-electron chi connectivity index (χ0n) is 10.6. The molecule has 0 saturated heterocycles. The monoisotopic (exact) mass is 271 g/mol. The van der Waals surface area contributed by atoms with Crippen molar-refractivity contribution in [2.75, 3.05) is 0 Å². The third kappa shape index (κ3) is 2.37. The van der Waals surface area contributed by atoms with Gasteiger partial charge in [0.1, 0.15) is 11.3 Å². The maximum absolute atomic E-state index is 5.98. The van der Waals surface area contributed by atoms with E-state index >= 15 is 0 Å². The van der Waals surface area contributed by atoms with E-state index < -0.39 is 0 Å². The summed E-state index contributed by atoms with van der Waals surface area (Å²) >= 11 is 5.98. The van der Waals surface area contributed by atoms with Gasteiger partial charge >= 0.3 is 0 Å². The molecule has 0 aliphatic heterocycles. The van der Waals surface area contributed by atoms with Crippen LogP contribution in [0.2, 0.25) is 5.02 Å². The third-order valence-electron chi connectivity index (χ3n) is 3.18. The quantitative estimate of drug-likeness (QED) is 0.729. The van der Waals surface area contributed by atoms with Gasteiger partial charge < -0.3 is 10.2 Å². The van der Waals surface area contributed by atoms with Gasteiger partial charge in [-0.3, -0.25) is 0 Å². The highest BCUT2D eigenvalue weighted by atomic mass is 35.5. The lowest BCUT2D eigenvalue weighted by atomic mass is 10.0. The Morgan fingerprint density at radius 3 is 2.74 bits per heavy atom. The fourth-order valence-corrected chi connectivity index (χ4v) is 2.31. The summed E-state index contributed by atoms with van der Waals surface area (Å²) in [5.74, 6) is 0.833.